The van der Waals surface area contributed by atoms with E-state index in [0.717, 1.165) is 92.7 Å². The molecule has 0 radical (unpaired) electrons. The number of carbonyl (C=O) groups excluding carboxylic acids is 4. The van der Waals surface area contributed by atoms with Crippen molar-refractivity contribution in [3.8, 4) is 22.4 Å². The summed E-state index contributed by atoms with van der Waals surface area (Å²) in [6.07, 6.45) is 5.16. The number of nitrogens with zero attached hydrogens (tertiary/aromatic N) is 5. The van der Waals surface area contributed by atoms with E-state index < -0.39 is 24.3 Å². The summed E-state index contributed by atoms with van der Waals surface area (Å²) in [6.45, 7) is 2.24. The number of benzene rings is 3. The molecule has 0 spiro atoms. The molecule has 68 heavy (non-hydrogen) atoms. The number of rotatable bonds is 10. The Morgan fingerprint density at radius 2 is 1.06 bits per heavy atom. The molecule has 4 N–H and O–H groups in total. The molecule has 8 atom stereocenters. The molecular weight excluding hydrogens is 867 g/mol. The van der Waals surface area contributed by atoms with Gasteiger partial charge in [-0.15, -0.1) is 0 Å². The number of imidazole rings is 2. The molecule has 4 amide bonds. The van der Waals surface area contributed by atoms with Crippen molar-refractivity contribution >= 4 is 57.0 Å². The number of pyridine rings is 1. The Kier molecular flexibility index (Phi) is 10.8. The minimum atomic E-state index is -0.687. The maximum Gasteiger partial charge on any atom is 0.407 e. The molecule has 2 saturated carbocycles. The van der Waals surface area contributed by atoms with Crippen molar-refractivity contribution in [1.82, 2.24) is 45.4 Å². The summed E-state index contributed by atoms with van der Waals surface area (Å²) >= 11 is 0. The van der Waals surface area contributed by atoms with Crippen molar-refractivity contribution in [2.24, 2.45) is 23.7 Å². The van der Waals surface area contributed by atoms with Gasteiger partial charge < -0.3 is 49.3 Å². The Morgan fingerprint density at radius 3 is 1.57 bits per heavy atom. The number of hydrogen-bond acceptors (Lipinski definition) is 11. The minimum Gasteiger partial charge on any atom is -0.453 e. The fourth-order valence-corrected chi connectivity index (χ4v) is 11.8. The number of alkyl carbamates (subject to hydrolysis) is 2. The van der Waals surface area contributed by atoms with Crippen LogP contribution in [0.3, 0.4) is 0 Å². The van der Waals surface area contributed by atoms with Gasteiger partial charge in [-0.2, -0.15) is 0 Å². The second-order valence-corrected chi connectivity index (χ2v) is 19.6. The first-order chi connectivity index (χ1) is 33.2. The molecule has 3 aromatic carbocycles. The quantitative estimate of drug-likeness (QED) is 0.111. The summed E-state index contributed by atoms with van der Waals surface area (Å²) in [5.41, 5.74) is 8.12. The molecule has 6 fully saturated rings. The minimum absolute atomic E-state index is 0.0298. The monoisotopic (exact) mass is 921 g/mol. The largest absolute Gasteiger partial charge is 0.453 e. The normalized spacial score (nSPS) is 25.5. The maximum absolute atomic E-state index is 14.3. The first-order valence-electron chi connectivity index (χ1n) is 24.1. The molecule has 7 heterocycles. The molecule has 1 unspecified atom stereocenters. The van der Waals surface area contributed by atoms with Crippen molar-refractivity contribution < 1.29 is 38.1 Å². The van der Waals surface area contributed by atoms with Crippen LogP contribution in [0, 0.1) is 23.7 Å². The van der Waals surface area contributed by atoms with Crippen LogP contribution in [0.15, 0.2) is 66.7 Å². The molecule has 2 aliphatic carbocycles. The number of aromatic nitrogens is 5. The van der Waals surface area contributed by atoms with Gasteiger partial charge in [0.05, 0.1) is 59.6 Å². The second kappa shape index (κ2) is 17.2. The van der Waals surface area contributed by atoms with E-state index in [2.05, 4.69) is 63.1 Å². The van der Waals surface area contributed by atoms with Gasteiger partial charge in [-0.3, -0.25) is 9.59 Å². The van der Waals surface area contributed by atoms with Crippen molar-refractivity contribution in [1.29, 1.82) is 0 Å². The third kappa shape index (κ3) is 7.78. The SMILES string of the molecule is COC(=O)N[C@H](C(=O)N1C(c2nc3ccc(-c4ccc5nc(-c6ccc7nc([C@@H]8C[C@H]9C[C@H]9N8C(=O)[C@@H](NC(=O)OC)C8CCOCC8)[nH]c7c6)ccc5c4)cc3[nH]2)C[C@H]2C[C@H]21)C1CCOCC1. The molecule has 4 saturated heterocycles. The molecule has 6 aromatic rings. The van der Waals surface area contributed by atoms with E-state index in [9.17, 15) is 19.2 Å². The number of piperidine rings is 2. The topological polar surface area (TPSA) is 206 Å². The van der Waals surface area contributed by atoms with Gasteiger partial charge in [0.2, 0.25) is 11.8 Å². The van der Waals surface area contributed by atoms with E-state index in [1.165, 1.54) is 14.2 Å². The van der Waals surface area contributed by atoms with E-state index in [0.29, 0.717) is 63.9 Å². The van der Waals surface area contributed by atoms with Crippen molar-refractivity contribution in [2.75, 3.05) is 40.6 Å². The Morgan fingerprint density at radius 1 is 0.588 bits per heavy atom. The number of H-pyrrole nitrogens is 2. The van der Waals surface area contributed by atoms with Gasteiger partial charge in [0.1, 0.15) is 23.7 Å². The molecule has 17 heteroatoms. The molecule has 6 aliphatic rings. The number of hydrogen-bond donors (Lipinski definition) is 4. The van der Waals surface area contributed by atoms with Crippen LogP contribution in [-0.2, 0) is 28.5 Å². The highest BCUT2D eigenvalue weighted by molar-refractivity contribution is 5.91. The molecular formula is C51H55N9O8. The lowest BCUT2D eigenvalue weighted by Crippen LogP contribution is -2.54. The van der Waals surface area contributed by atoms with Gasteiger partial charge in [0.25, 0.3) is 0 Å². The lowest BCUT2D eigenvalue weighted by Gasteiger charge is -2.35. The summed E-state index contributed by atoms with van der Waals surface area (Å²) in [4.78, 5) is 79.7. The van der Waals surface area contributed by atoms with Crippen molar-refractivity contribution in [2.45, 2.75) is 87.6 Å². The third-order valence-electron chi connectivity index (χ3n) is 15.6. The number of likely N-dealkylation sites (tertiary alicyclic amines) is 2. The first-order valence-corrected chi connectivity index (χ1v) is 24.1. The number of amides is 4. The summed E-state index contributed by atoms with van der Waals surface area (Å²) in [7, 11) is 2.64. The van der Waals surface area contributed by atoms with Gasteiger partial charge in [0, 0.05) is 49.5 Å². The summed E-state index contributed by atoms with van der Waals surface area (Å²) < 4.78 is 21.0. The lowest BCUT2D eigenvalue weighted by atomic mass is 9.90. The maximum atomic E-state index is 14.3. The molecule has 3 aromatic heterocycles. The highest BCUT2D eigenvalue weighted by Crippen LogP contribution is 2.55. The number of methoxy groups -OCH3 is 2. The Bertz CT molecular complexity index is 2760. The number of aromatic amines is 2. The molecule has 12 rings (SSSR count). The van der Waals surface area contributed by atoms with Crippen LogP contribution < -0.4 is 10.6 Å². The van der Waals surface area contributed by atoms with Crippen LogP contribution >= 0.6 is 0 Å². The van der Waals surface area contributed by atoms with Crippen LogP contribution in [-0.4, -0.2) is 124 Å². The standard InChI is InChI=1S/C51H55N9O8/c1-65-50(63)57-44(26-11-15-67-16-12-26)48(61)59-40-22-32(40)24-42(59)46-53-36-9-4-29(20-38(36)55-46)28-3-7-34-30(19-28)5-8-35(52-34)31-6-10-37-39(21-31)56-47(54-37)43-25-33-23-41(33)60(43)49(62)45(58-51(64)66-2)27-13-17-68-18-14-27/h3-10,19-21,26-27,32-33,40-45H,11-18,22-25H2,1-2H3,(H,53,55)(H,54,56)(H,57,63)(H,58,64)/t32-,33-,40-,41-,42?,43+,44+,45+/m1/s1. The highest BCUT2D eigenvalue weighted by atomic mass is 16.5. The van der Waals surface area contributed by atoms with Crippen molar-refractivity contribution in [3.63, 3.8) is 0 Å². The third-order valence-corrected chi connectivity index (χ3v) is 15.6. The summed E-state index contributed by atoms with van der Waals surface area (Å²) in [5, 5.41) is 6.74. The lowest BCUT2D eigenvalue weighted by molar-refractivity contribution is -0.138. The average Bonchev–Trinajstić information content (AvgIpc) is 4.04. The van der Waals surface area contributed by atoms with Crippen LogP contribution in [0.4, 0.5) is 9.59 Å². The summed E-state index contributed by atoms with van der Waals surface area (Å²) in [6, 6.07) is 21.2. The van der Waals surface area contributed by atoms with Crippen LogP contribution in [0.2, 0.25) is 0 Å². The zero-order valence-corrected chi connectivity index (χ0v) is 38.1. The van der Waals surface area contributed by atoms with Gasteiger partial charge >= 0.3 is 12.2 Å². The summed E-state index contributed by atoms with van der Waals surface area (Å²) in [5.74, 6) is 2.14. The second-order valence-electron chi connectivity index (χ2n) is 19.6. The fourth-order valence-electron chi connectivity index (χ4n) is 11.8. The molecule has 17 nitrogen and oxygen atoms in total. The van der Waals surface area contributed by atoms with Crippen LogP contribution in [0.25, 0.3) is 55.4 Å². The van der Waals surface area contributed by atoms with Gasteiger partial charge in [0.15, 0.2) is 0 Å². The number of fused-ring (bicyclic) bond motifs is 5. The molecule has 0 bridgehead atoms. The zero-order chi connectivity index (χ0) is 46.2. The number of carbonyl (C=O) groups is 4. The smallest absolute Gasteiger partial charge is 0.407 e. The Labute approximate surface area is 392 Å². The Hall–Kier alpha value is -6.59. The average molecular weight is 922 g/mol. The van der Waals surface area contributed by atoms with Crippen LogP contribution in [0.1, 0.15) is 75.1 Å². The molecule has 352 valence electrons. The predicted octanol–water partition coefficient (Wildman–Crippen LogP) is 6.95. The van der Waals surface area contributed by atoms with E-state index in [-0.39, 0.29) is 47.8 Å². The van der Waals surface area contributed by atoms with E-state index in [1.54, 1.807) is 0 Å². The number of ether oxygens (including phenoxy) is 4. The van der Waals surface area contributed by atoms with E-state index in [1.807, 2.05) is 34.1 Å². The van der Waals surface area contributed by atoms with Gasteiger partial charge in [-0.25, -0.2) is 24.5 Å². The number of nitrogens with one attached hydrogen (secondary N) is 4. The fraction of sp³-hybridized carbons (Fsp3) is 0.471. The van der Waals surface area contributed by atoms with Gasteiger partial charge in [-0.05, 0) is 129 Å². The zero-order valence-electron chi connectivity index (χ0n) is 38.1. The highest BCUT2D eigenvalue weighted by Gasteiger charge is 2.58. The van der Waals surface area contributed by atoms with Crippen molar-refractivity contribution in [3.05, 3.63) is 78.4 Å². The van der Waals surface area contributed by atoms with E-state index >= 15 is 0 Å². The first kappa shape index (κ1) is 42.7. The molecule has 4 aliphatic heterocycles. The Balaban J connectivity index is 0.764. The van der Waals surface area contributed by atoms with E-state index in [4.69, 9.17) is 33.9 Å². The van der Waals surface area contributed by atoms with Gasteiger partial charge in [-0.1, -0.05) is 24.3 Å². The predicted molar refractivity (Wildman–Crippen MR) is 250 cm³/mol. The van der Waals surface area contributed by atoms with Crippen LogP contribution in [0.5, 0.6) is 0 Å².